The number of hydrogen-bond donors (Lipinski definition) is 1. The molecule has 0 saturated carbocycles. The number of aryl methyl sites for hydroxylation is 2. The van der Waals surface area contributed by atoms with Crippen LogP contribution in [0.15, 0.2) is 11.0 Å². The van der Waals surface area contributed by atoms with Gasteiger partial charge >= 0.3 is 0 Å². The molecule has 0 saturated heterocycles. The van der Waals surface area contributed by atoms with Gasteiger partial charge in [-0.15, -0.1) is 11.3 Å². The standard InChI is InChI=1S/C11H8ClN3OS/c1-4-7-8-6(12)3-13-10(16)9(8)17-11(7)15-5(2)14-4/h3H,1-2H3,(H,13,16). The molecule has 6 heteroatoms. The smallest absolute Gasteiger partial charge is 0.266 e. The van der Waals surface area contributed by atoms with Crippen LogP contribution in [0.4, 0.5) is 0 Å². The van der Waals surface area contributed by atoms with E-state index >= 15 is 0 Å². The second-order valence-electron chi connectivity index (χ2n) is 3.81. The van der Waals surface area contributed by atoms with Crippen LogP contribution >= 0.6 is 22.9 Å². The lowest BCUT2D eigenvalue weighted by Gasteiger charge is -1.99. The normalized spacial score (nSPS) is 11.5. The second-order valence-corrected chi connectivity index (χ2v) is 5.21. The lowest BCUT2D eigenvalue weighted by atomic mass is 10.2. The van der Waals surface area contributed by atoms with E-state index in [0.29, 0.717) is 15.5 Å². The Morgan fingerprint density at radius 3 is 2.82 bits per heavy atom. The summed E-state index contributed by atoms with van der Waals surface area (Å²) in [6, 6.07) is 0. The quantitative estimate of drug-likeness (QED) is 0.680. The van der Waals surface area contributed by atoms with Gasteiger partial charge in [0.15, 0.2) is 0 Å². The van der Waals surface area contributed by atoms with Gasteiger partial charge in [-0.3, -0.25) is 4.79 Å². The van der Waals surface area contributed by atoms with Crippen LogP contribution in [-0.4, -0.2) is 15.0 Å². The average Bonchev–Trinajstić information content (AvgIpc) is 2.64. The molecule has 0 fully saturated rings. The highest BCUT2D eigenvalue weighted by Gasteiger charge is 2.15. The average molecular weight is 266 g/mol. The Kier molecular flexibility index (Phi) is 2.21. The zero-order valence-corrected chi connectivity index (χ0v) is 10.7. The Morgan fingerprint density at radius 1 is 1.29 bits per heavy atom. The summed E-state index contributed by atoms with van der Waals surface area (Å²) in [6.45, 7) is 3.74. The maximum atomic E-state index is 11.7. The largest absolute Gasteiger partial charge is 0.326 e. The van der Waals surface area contributed by atoms with Gasteiger partial charge in [0.05, 0.1) is 10.7 Å². The van der Waals surface area contributed by atoms with Crippen molar-refractivity contribution in [1.82, 2.24) is 15.0 Å². The van der Waals surface area contributed by atoms with E-state index in [1.165, 1.54) is 17.5 Å². The monoisotopic (exact) mass is 265 g/mol. The predicted octanol–water partition coefficient (Wildman–Crippen LogP) is 2.80. The lowest BCUT2D eigenvalue weighted by molar-refractivity contribution is 1.06. The van der Waals surface area contributed by atoms with Crippen molar-refractivity contribution in [1.29, 1.82) is 0 Å². The molecule has 3 aromatic rings. The molecule has 3 rings (SSSR count). The fourth-order valence-electron chi connectivity index (χ4n) is 1.96. The fourth-order valence-corrected chi connectivity index (χ4v) is 3.45. The second kappa shape index (κ2) is 3.51. The van der Waals surface area contributed by atoms with Crippen molar-refractivity contribution < 1.29 is 0 Å². The van der Waals surface area contributed by atoms with Crippen LogP contribution in [0.5, 0.6) is 0 Å². The van der Waals surface area contributed by atoms with Gasteiger partial charge in [0.2, 0.25) is 0 Å². The van der Waals surface area contributed by atoms with E-state index in [-0.39, 0.29) is 5.56 Å². The molecular formula is C11H8ClN3OS. The maximum Gasteiger partial charge on any atom is 0.266 e. The Hall–Kier alpha value is -1.46. The third kappa shape index (κ3) is 1.46. The molecule has 0 aliphatic rings. The molecule has 0 unspecified atom stereocenters. The molecule has 0 aliphatic heterocycles. The van der Waals surface area contributed by atoms with Gasteiger partial charge in [-0.05, 0) is 13.8 Å². The molecule has 0 bridgehead atoms. The summed E-state index contributed by atoms with van der Waals surface area (Å²) in [6.07, 6.45) is 1.51. The number of hydrogen-bond acceptors (Lipinski definition) is 4. The van der Waals surface area contributed by atoms with E-state index in [1.54, 1.807) is 0 Å². The molecule has 0 amide bonds. The minimum Gasteiger partial charge on any atom is -0.326 e. The number of thiophene rings is 1. The summed E-state index contributed by atoms with van der Waals surface area (Å²) in [5.41, 5.74) is 0.718. The van der Waals surface area contributed by atoms with E-state index in [1.807, 2.05) is 13.8 Å². The topological polar surface area (TPSA) is 58.6 Å². The highest BCUT2D eigenvalue weighted by atomic mass is 35.5. The summed E-state index contributed by atoms with van der Waals surface area (Å²) < 4.78 is 0.607. The number of fused-ring (bicyclic) bond motifs is 3. The summed E-state index contributed by atoms with van der Waals surface area (Å²) in [5, 5.41) is 2.17. The van der Waals surface area contributed by atoms with Crippen LogP contribution in [0.1, 0.15) is 11.5 Å². The van der Waals surface area contributed by atoms with Crippen molar-refractivity contribution in [3.8, 4) is 0 Å². The molecule has 0 radical (unpaired) electrons. The molecule has 4 nitrogen and oxygen atoms in total. The molecule has 17 heavy (non-hydrogen) atoms. The van der Waals surface area contributed by atoms with Crippen molar-refractivity contribution in [2.75, 3.05) is 0 Å². The van der Waals surface area contributed by atoms with E-state index in [0.717, 1.165) is 21.3 Å². The van der Waals surface area contributed by atoms with Crippen LogP contribution in [0.3, 0.4) is 0 Å². The highest BCUT2D eigenvalue weighted by Crippen LogP contribution is 2.35. The van der Waals surface area contributed by atoms with Crippen LogP contribution in [-0.2, 0) is 0 Å². The third-order valence-corrected chi connectivity index (χ3v) is 4.00. The van der Waals surface area contributed by atoms with E-state index in [9.17, 15) is 4.79 Å². The summed E-state index contributed by atoms with van der Waals surface area (Å²) >= 11 is 7.49. The van der Waals surface area contributed by atoms with Gasteiger partial charge in [0.1, 0.15) is 15.4 Å². The zero-order chi connectivity index (χ0) is 12.2. The number of H-pyrrole nitrogens is 1. The van der Waals surface area contributed by atoms with Crippen LogP contribution in [0.25, 0.3) is 20.3 Å². The van der Waals surface area contributed by atoms with Gasteiger partial charge < -0.3 is 4.98 Å². The zero-order valence-electron chi connectivity index (χ0n) is 9.17. The van der Waals surface area contributed by atoms with Crippen LogP contribution in [0, 0.1) is 13.8 Å². The molecule has 0 spiro atoms. The Labute approximate surface area is 105 Å². The third-order valence-electron chi connectivity index (χ3n) is 2.62. The molecular weight excluding hydrogens is 258 g/mol. The van der Waals surface area contributed by atoms with E-state index in [4.69, 9.17) is 11.6 Å². The summed E-state index contributed by atoms with van der Waals surface area (Å²) in [7, 11) is 0. The molecule has 0 aliphatic carbocycles. The molecule has 1 N–H and O–H groups in total. The van der Waals surface area contributed by atoms with Gasteiger partial charge in [-0.1, -0.05) is 11.6 Å². The molecule has 3 aromatic heterocycles. The number of nitrogens with zero attached hydrogens (tertiary/aromatic N) is 2. The number of rotatable bonds is 0. The fraction of sp³-hybridized carbons (Fsp3) is 0.182. The van der Waals surface area contributed by atoms with Crippen molar-refractivity contribution in [3.63, 3.8) is 0 Å². The van der Waals surface area contributed by atoms with Crippen molar-refractivity contribution in [2.45, 2.75) is 13.8 Å². The highest BCUT2D eigenvalue weighted by molar-refractivity contribution is 7.25. The minimum absolute atomic E-state index is 0.135. The van der Waals surface area contributed by atoms with Gasteiger partial charge in [0, 0.05) is 17.0 Å². The SMILES string of the molecule is Cc1nc(C)c2c(n1)sc1c(=O)[nH]cc(Cl)c12. The van der Waals surface area contributed by atoms with Crippen molar-refractivity contribution in [3.05, 3.63) is 33.1 Å². The number of pyridine rings is 1. The Bertz CT molecular complexity index is 806. The molecule has 0 atom stereocenters. The van der Waals surface area contributed by atoms with Gasteiger partial charge in [-0.25, -0.2) is 9.97 Å². The number of halogens is 1. The number of aromatic nitrogens is 3. The minimum atomic E-state index is -0.135. The van der Waals surface area contributed by atoms with Crippen molar-refractivity contribution >= 4 is 43.2 Å². The van der Waals surface area contributed by atoms with E-state index < -0.39 is 0 Å². The van der Waals surface area contributed by atoms with Crippen LogP contribution in [0.2, 0.25) is 5.02 Å². The predicted molar refractivity (Wildman–Crippen MR) is 70.0 cm³/mol. The van der Waals surface area contributed by atoms with Crippen molar-refractivity contribution in [2.24, 2.45) is 0 Å². The maximum absolute atomic E-state index is 11.7. The summed E-state index contributed by atoms with van der Waals surface area (Å²) in [4.78, 5) is 23.8. The number of nitrogens with one attached hydrogen (secondary N) is 1. The first-order valence-corrected chi connectivity index (χ1v) is 6.22. The Morgan fingerprint density at radius 2 is 2.06 bits per heavy atom. The molecule has 3 heterocycles. The first kappa shape index (κ1) is 10.7. The van der Waals surface area contributed by atoms with Gasteiger partial charge in [-0.2, -0.15) is 0 Å². The first-order chi connectivity index (χ1) is 8.08. The number of aromatic amines is 1. The molecule has 0 aromatic carbocycles. The van der Waals surface area contributed by atoms with Crippen LogP contribution < -0.4 is 5.56 Å². The first-order valence-electron chi connectivity index (χ1n) is 5.02. The summed E-state index contributed by atoms with van der Waals surface area (Å²) in [5.74, 6) is 0.703. The molecule has 86 valence electrons. The Balaban J connectivity index is 2.70. The van der Waals surface area contributed by atoms with E-state index in [2.05, 4.69) is 15.0 Å². The lowest BCUT2D eigenvalue weighted by Crippen LogP contribution is -2.02. The van der Waals surface area contributed by atoms with Gasteiger partial charge in [0.25, 0.3) is 5.56 Å².